The summed E-state index contributed by atoms with van der Waals surface area (Å²) in [5.74, 6) is 1.67. The maximum Gasteiger partial charge on any atom is 0.322 e. The van der Waals surface area contributed by atoms with Gasteiger partial charge >= 0.3 is 6.03 Å². The monoisotopic (exact) mass is 463 g/mol. The van der Waals surface area contributed by atoms with Crippen LogP contribution in [-0.2, 0) is 0 Å². The number of rotatable bonds is 4. The lowest BCUT2D eigenvalue weighted by molar-refractivity contribution is 0.215. The maximum absolute atomic E-state index is 13.9. The first-order chi connectivity index (χ1) is 16.6. The lowest BCUT2D eigenvalue weighted by Crippen LogP contribution is -2.38. The molecular weight excluding hydrogens is 437 g/mol. The summed E-state index contributed by atoms with van der Waals surface area (Å²) in [6.07, 6.45) is 2.73. The van der Waals surface area contributed by atoms with Crippen LogP contribution in [0.5, 0.6) is 11.5 Å². The van der Waals surface area contributed by atoms with Crippen molar-refractivity contribution in [3.8, 4) is 11.5 Å². The lowest BCUT2D eigenvalue weighted by atomic mass is 10.2. The Hall–Kier alpha value is -4.01. The zero-order chi connectivity index (χ0) is 23.7. The number of nitrogens with zero attached hydrogens (tertiary/aromatic N) is 4. The number of carbonyl (C=O) groups is 1. The number of methoxy groups -OCH3 is 2. The summed E-state index contributed by atoms with van der Waals surface area (Å²) in [6, 6.07) is 13.7. The zero-order valence-electron chi connectivity index (χ0n) is 19.1. The Bertz CT molecular complexity index is 1360. The van der Waals surface area contributed by atoms with Crippen LogP contribution in [0.1, 0.15) is 6.42 Å². The fourth-order valence-corrected chi connectivity index (χ4v) is 4.41. The summed E-state index contributed by atoms with van der Waals surface area (Å²) in [5.41, 5.74) is 2.97. The summed E-state index contributed by atoms with van der Waals surface area (Å²) in [6.45, 7) is 2.47. The maximum atomic E-state index is 13.9. The van der Waals surface area contributed by atoms with Crippen LogP contribution in [-0.4, -0.2) is 60.7 Å². The molecule has 1 aliphatic heterocycles. The van der Waals surface area contributed by atoms with E-state index in [0.717, 1.165) is 29.8 Å². The highest BCUT2D eigenvalue weighted by molar-refractivity contribution is 5.91. The number of ether oxygens (including phenoxy) is 2. The van der Waals surface area contributed by atoms with Crippen molar-refractivity contribution in [3.05, 3.63) is 60.5 Å². The smallest absolute Gasteiger partial charge is 0.322 e. The van der Waals surface area contributed by atoms with Crippen LogP contribution in [0.25, 0.3) is 16.6 Å². The minimum atomic E-state index is -0.316. The van der Waals surface area contributed by atoms with Crippen LogP contribution in [0.2, 0.25) is 0 Å². The highest BCUT2D eigenvalue weighted by Crippen LogP contribution is 2.30. The van der Waals surface area contributed by atoms with Crippen molar-refractivity contribution in [1.29, 1.82) is 0 Å². The third kappa shape index (κ3) is 4.05. The molecule has 0 radical (unpaired) electrons. The number of urea groups is 1. The molecule has 1 saturated heterocycles. The van der Waals surface area contributed by atoms with Crippen LogP contribution >= 0.6 is 0 Å². The van der Waals surface area contributed by atoms with Crippen LogP contribution in [0.3, 0.4) is 0 Å². The molecule has 0 saturated carbocycles. The number of aromatic nitrogens is 2. The molecule has 0 aliphatic carbocycles. The number of benzene rings is 2. The topological polar surface area (TPSA) is 71.3 Å². The Balaban J connectivity index is 1.37. The first-order valence-electron chi connectivity index (χ1n) is 11.2. The van der Waals surface area contributed by atoms with E-state index in [-0.39, 0.29) is 11.8 Å². The summed E-state index contributed by atoms with van der Waals surface area (Å²) >= 11 is 0. The molecule has 0 atom stereocenters. The van der Waals surface area contributed by atoms with Crippen molar-refractivity contribution in [2.45, 2.75) is 6.42 Å². The largest absolute Gasteiger partial charge is 0.497 e. The Morgan fingerprint density at radius 1 is 1.00 bits per heavy atom. The highest BCUT2D eigenvalue weighted by Gasteiger charge is 2.23. The van der Waals surface area contributed by atoms with Gasteiger partial charge in [0.2, 0.25) is 0 Å². The molecule has 2 aromatic heterocycles. The SMILES string of the molecule is COc1ccc(OC)c(NC(=O)N2CCCN(c3nc4cc(F)ccc4n4cccc34)CC2)c1. The van der Waals surface area contributed by atoms with Gasteiger partial charge in [0, 0.05) is 44.5 Å². The van der Waals surface area contributed by atoms with Crippen molar-refractivity contribution in [3.63, 3.8) is 0 Å². The fourth-order valence-electron chi connectivity index (χ4n) is 4.41. The lowest BCUT2D eigenvalue weighted by Gasteiger charge is -2.24. The van der Waals surface area contributed by atoms with Crippen molar-refractivity contribution < 1.29 is 18.7 Å². The fraction of sp³-hybridized carbons (Fsp3) is 0.280. The molecule has 3 heterocycles. The Labute approximate surface area is 196 Å². The van der Waals surface area contributed by atoms with E-state index < -0.39 is 0 Å². The molecule has 9 heteroatoms. The molecule has 0 bridgehead atoms. The second-order valence-corrected chi connectivity index (χ2v) is 8.16. The van der Waals surface area contributed by atoms with Gasteiger partial charge < -0.3 is 29.0 Å². The Morgan fingerprint density at radius 2 is 1.88 bits per heavy atom. The number of hydrogen-bond donors (Lipinski definition) is 1. The van der Waals surface area contributed by atoms with E-state index in [4.69, 9.17) is 14.5 Å². The molecule has 34 heavy (non-hydrogen) atoms. The number of anilines is 2. The molecule has 2 aromatic carbocycles. The zero-order valence-corrected chi connectivity index (χ0v) is 19.1. The number of halogens is 1. The number of amides is 2. The third-order valence-electron chi connectivity index (χ3n) is 6.13. The molecule has 1 aliphatic rings. The van der Waals surface area contributed by atoms with E-state index >= 15 is 0 Å². The van der Waals surface area contributed by atoms with Crippen LogP contribution in [0.4, 0.5) is 20.7 Å². The van der Waals surface area contributed by atoms with E-state index in [1.54, 1.807) is 43.4 Å². The van der Waals surface area contributed by atoms with Gasteiger partial charge in [-0.15, -0.1) is 0 Å². The number of nitrogens with one attached hydrogen (secondary N) is 1. The molecule has 8 nitrogen and oxygen atoms in total. The van der Waals surface area contributed by atoms with Crippen LogP contribution in [0.15, 0.2) is 54.7 Å². The van der Waals surface area contributed by atoms with E-state index in [0.29, 0.717) is 42.3 Å². The van der Waals surface area contributed by atoms with Crippen molar-refractivity contribution in [2.75, 3.05) is 50.6 Å². The van der Waals surface area contributed by atoms with Gasteiger partial charge in [-0.2, -0.15) is 0 Å². The predicted octanol–water partition coefficient (Wildman–Crippen LogP) is 4.39. The minimum Gasteiger partial charge on any atom is -0.497 e. The van der Waals surface area contributed by atoms with E-state index in [9.17, 15) is 9.18 Å². The molecule has 0 spiro atoms. The molecular formula is C25H26FN5O3. The van der Waals surface area contributed by atoms with Crippen LogP contribution in [0, 0.1) is 5.82 Å². The average molecular weight is 464 g/mol. The summed E-state index contributed by atoms with van der Waals surface area (Å²) in [5, 5.41) is 2.95. The normalized spacial score (nSPS) is 14.3. The molecule has 5 rings (SSSR count). The van der Waals surface area contributed by atoms with Gasteiger partial charge in [0.25, 0.3) is 0 Å². The average Bonchev–Trinajstić information content (AvgIpc) is 3.21. The van der Waals surface area contributed by atoms with Gasteiger partial charge in [-0.1, -0.05) is 0 Å². The van der Waals surface area contributed by atoms with E-state index in [2.05, 4.69) is 10.2 Å². The first-order valence-corrected chi connectivity index (χ1v) is 11.2. The van der Waals surface area contributed by atoms with Gasteiger partial charge in [-0.25, -0.2) is 14.2 Å². The standard InChI is InChI=1S/C25H26FN5O3/c1-33-18-7-9-23(34-2)20(16-18)28-25(32)30-11-4-10-29(13-14-30)24-22-5-3-12-31(22)21-8-6-17(26)15-19(21)27-24/h3,5-9,12,15-16H,4,10-11,13-14H2,1-2H3,(H,28,32). The highest BCUT2D eigenvalue weighted by atomic mass is 19.1. The third-order valence-corrected chi connectivity index (χ3v) is 6.13. The molecule has 4 aromatic rings. The summed E-state index contributed by atoms with van der Waals surface area (Å²) < 4.78 is 26.6. The van der Waals surface area contributed by atoms with Crippen molar-refractivity contribution in [2.24, 2.45) is 0 Å². The number of carbonyl (C=O) groups excluding carboxylic acids is 1. The second kappa shape index (κ2) is 9.09. The quantitative estimate of drug-likeness (QED) is 0.486. The van der Waals surface area contributed by atoms with Gasteiger partial charge in [-0.3, -0.25) is 0 Å². The van der Waals surface area contributed by atoms with Gasteiger partial charge in [0.15, 0.2) is 5.82 Å². The van der Waals surface area contributed by atoms with Gasteiger partial charge in [0.1, 0.15) is 17.3 Å². The van der Waals surface area contributed by atoms with Gasteiger partial charge in [0.05, 0.1) is 36.5 Å². The Morgan fingerprint density at radius 3 is 2.71 bits per heavy atom. The van der Waals surface area contributed by atoms with E-state index in [1.807, 2.05) is 22.7 Å². The molecule has 1 fully saturated rings. The summed E-state index contributed by atoms with van der Waals surface area (Å²) in [7, 11) is 3.14. The number of fused-ring (bicyclic) bond motifs is 3. The summed E-state index contributed by atoms with van der Waals surface area (Å²) in [4.78, 5) is 21.8. The van der Waals surface area contributed by atoms with Crippen LogP contribution < -0.4 is 19.7 Å². The second-order valence-electron chi connectivity index (χ2n) is 8.16. The van der Waals surface area contributed by atoms with E-state index in [1.165, 1.54) is 12.1 Å². The number of hydrogen-bond acceptors (Lipinski definition) is 5. The van der Waals surface area contributed by atoms with Crippen molar-refractivity contribution >= 4 is 34.1 Å². The van der Waals surface area contributed by atoms with Crippen molar-refractivity contribution in [1.82, 2.24) is 14.3 Å². The predicted molar refractivity (Wildman–Crippen MR) is 130 cm³/mol. The molecule has 2 amide bonds. The molecule has 176 valence electrons. The first kappa shape index (κ1) is 21.8. The van der Waals surface area contributed by atoms with Gasteiger partial charge in [-0.05, 0) is 42.8 Å². The molecule has 1 N–H and O–H groups in total. The molecule has 0 unspecified atom stereocenters. The Kier molecular flexibility index (Phi) is 5.83. The minimum absolute atomic E-state index is 0.199.